The van der Waals surface area contributed by atoms with Gasteiger partial charge in [0.2, 0.25) is 5.91 Å². The standard InChI is InChI=1S/C17H20N2O2/c1-12(13-3-5-14(18)6-4-13)11-17(20)19-15-7-9-16(21-2)10-8-15/h3-10,12H,11,18H2,1-2H3,(H,19,20). The number of methoxy groups -OCH3 is 1. The second-order valence-corrected chi connectivity index (χ2v) is 5.05. The van der Waals surface area contributed by atoms with Crippen LogP contribution in [0.25, 0.3) is 0 Å². The van der Waals surface area contributed by atoms with Gasteiger partial charge in [-0.25, -0.2) is 0 Å². The van der Waals surface area contributed by atoms with Gasteiger partial charge >= 0.3 is 0 Å². The summed E-state index contributed by atoms with van der Waals surface area (Å²) in [6.45, 7) is 2.03. The molecule has 2 rings (SSSR count). The van der Waals surface area contributed by atoms with E-state index in [-0.39, 0.29) is 11.8 Å². The summed E-state index contributed by atoms with van der Waals surface area (Å²) in [4.78, 5) is 12.1. The highest BCUT2D eigenvalue weighted by Gasteiger charge is 2.11. The first-order valence-electron chi connectivity index (χ1n) is 6.88. The zero-order valence-electron chi connectivity index (χ0n) is 12.3. The van der Waals surface area contributed by atoms with Gasteiger partial charge in [0.1, 0.15) is 5.75 Å². The Labute approximate surface area is 124 Å². The fraction of sp³-hybridized carbons (Fsp3) is 0.235. The number of amides is 1. The number of benzene rings is 2. The average molecular weight is 284 g/mol. The van der Waals surface area contributed by atoms with E-state index < -0.39 is 0 Å². The Morgan fingerprint density at radius 3 is 2.33 bits per heavy atom. The van der Waals surface area contributed by atoms with Gasteiger partial charge in [-0.05, 0) is 47.9 Å². The molecule has 4 nitrogen and oxygen atoms in total. The molecule has 1 atom stereocenters. The van der Waals surface area contributed by atoms with Gasteiger partial charge in [-0.3, -0.25) is 4.79 Å². The first-order valence-corrected chi connectivity index (χ1v) is 6.88. The van der Waals surface area contributed by atoms with E-state index in [0.29, 0.717) is 6.42 Å². The van der Waals surface area contributed by atoms with Gasteiger partial charge in [0.15, 0.2) is 0 Å². The zero-order chi connectivity index (χ0) is 15.2. The SMILES string of the molecule is COc1ccc(NC(=O)CC(C)c2ccc(N)cc2)cc1. The van der Waals surface area contributed by atoms with Gasteiger partial charge in [0.25, 0.3) is 0 Å². The number of rotatable bonds is 5. The van der Waals surface area contributed by atoms with Crippen molar-refractivity contribution in [3.05, 3.63) is 54.1 Å². The molecule has 2 aromatic rings. The Morgan fingerprint density at radius 2 is 1.76 bits per heavy atom. The Kier molecular flexibility index (Phi) is 4.82. The number of carbonyl (C=O) groups is 1. The molecule has 0 fully saturated rings. The van der Waals surface area contributed by atoms with Crippen molar-refractivity contribution in [2.24, 2.45) is 0 Å². The van der Waals surface area contributed by atoms with Crippen molar-refractivity contribution in [2.75, 3.05) is 18.2 Å². The van der Waals surface area contributed by atoms with Gasteiger partial charge in [-0.15, -0.1) is 0 Å². The van der Waals surface area contributed by atoms with Crippen LogP contribution < -0.4 is 15.8 Å². The molecule has 3 N–H and O–H groups in total. The lowest BCUT2D eigenvalue weighted by molar-refractivity contribution is -0.116. The van der Waals surface area contributed by atoms with Crippen molar-refractivity contribution >= 4 is 17.3 Å². The largest absolute Gasteiger partial charge is 0.497 e. The lowest BCUT2D eigenvalue weighted by Gasteiger charge is -2.12. The Balaban J connectivity index is 1.92. The van der Waals surface area contributed by atoms with Gasteiger partial charge in [0.05, 0.1) is 7.11 Å². The lowest BCUT2D eigenvalue weighted by atomic mass is 9.97. The summed E-state index contributed by atoms with van der Waals surface area (Å²) in [5.41, 5.74) is 8.27. The number of anilines is 2. The fourth-order valence-electron chi connectivity index (χ4n) is 2.11. The second-order valence-electron chi connectivity index (χ2n) is 5.05. The molecule has 110 valence electrons. The maximum absolute atomic E-state index is 12.1. The highest BCUT2D eigenvalue weighted by molar-refractivity contribution is 5.91. The topological polar surface area (TPSA) is 64.3 Å². The molecular weight excluding hydrogens is 264 g/mol. The monoisotopic (exact) mass is 284 g/mol. The fourth-order valence-corrected chi connectivity index (χ4v) is 2.11. The van der Waals surface area contributed by atoms with E-state index in [1.165, 1.54) is 0 Å². The van der Waals surface area contributed by atoms with E-state index in [1.807, 2.05) is 55.5 Å². The number of hydrogen-bond acceptors (Lipinski definition) is 3. The summed E-state index contributed by atoms with van der Waals surface area (Å²) in [5, 5.41) is 2.89. The number of hydrogen-bond donors (Lipinski definition) is 2. The number of nitrogens with one attached hydrogen (secondary N) is 1. The molecule has 0 radical (unpaired) electrons. The molecular formula is C17H20N2O2. The smallest absolute Gasteiger partial charge is 0.224 e. The van der Waals surface area contributed by atoms with E-state index in [9.17, 15) is 4.79 Å². The van der Waals surface area contributed by atoms with E-state index in [1.54, 1.807) is 7.11 Å². The molecule has 0 heterocycles. The first-order chi connectivity index (χ1) is 10.1. The van der Waals surface area contributed by atoms with Crippen molar-refractivity contribution in [3.63, 3.8) is 0 Å². The van der Waals surface area contributed by atoms with Gasteiger partial charge in [-0.1, -0.05) is 19.1 Å². The quantitative estimate of drug-likeness (QED) is 0.827. The third-order valence-electron chi connectivity index (χ3n) is 3.37. The van der Waals surface area contributed by atoms with Crippen LogP contribution >= 0.6 is 0 Å². The summed E-state index contributed by atoms with van der Waals surface area (Å²) in [6, 6.07) is 14.9. The third-order valence-corrected chi connectivity index (χ3v) is 3.37. The van der Waals surface area contributed by atoms with Gasteiger partial charge in [0, 0.05) is 17.8 Å². The summed E-state index contributed by atoms with van der Waals surface area (Å²) in [6.07, 6.45) is 0.427. The lowest BCUT2D eigenvalue weighted by Crippen LogP contribution is -2.14. The average Bonchev–Trinajstić information content (AvgIpc) is 2.48. The molecule has 0 spiro atoms. The molecule has 21 heavy (non-hydrogen) atoms. The molecule has 0 saturated carbocycles. The predicted molar refractivity (Wildman–Crippen MR) is 85.5 cm³/mol. The van der Waals surface area contributed by atoms with Crippen LogP contribution in [-0.4, -0.2) is 13.0 Å². The van der Waals surface area contributed by atoms with Crippen LogP contribution in [0.1, 0.15) is 24.8 Å². The maximum Gasteiger partial charge on any atom is 0.224 e. The molecule has 0 aromatic heterocycles. The van der Waals surface area contributed by atoms with Crippen molar-refractivity contribution < 1.29 is 9.53 Å². The second kappa shape index (κ2) is 6.79. The highest BCUT2D eigenvalue weighted by atomic mass is 16.5. The Hall–Kier alpha value is -2.49. The summed E-state index contributed by atoms with van der Waals surface area (Å²) < 4.78 is 5.08. The van der Waals surface area contributed by atoms with Gasteiger partial charge in [-0.2, -0.15) is 0 Å². The molecule has 0 bridgehead atoms. The minimum atomic E-state index is -0.00973. The number of ether oxygens (including phenoxy) is 1. The van der Waals surface area contributed by atoms with E-state index in [0.717, 1.165) is 22.7 Å². The third kappa shape index (κ3) is 4.24. The summed E-state index contributed by atoms with van der Waals surface area (Å²) in [5.74, 6) is 0.900. The first kappa shape index (κ1) is 14.9. The molecule has 0 saturated heterocycles. The minimum absolute atomic E-state index is 0.00973. The Bertz CT molecular complexity index is 591. The van der Waals surface area contributed by atoms with Crippen LogP contribution in [0, 0.1) is 0 Å². The van der Waals surface area contributed by atoms with E-state index in [4.69, 9.17) is 10.5 Å². The molecule has 0 aliphatic heterocycles. The van der Waals surface area contributed by atoms with Crippen molar-refractivity contribution in [3.8, 4) is 5.75 Å². The van der Waals surface area contributed by atoms with Crippen LogP contribution in [0.3, 0.4) is 0 Å². The number of nitrogens with two attached hydrogens (primary N) is 1. The minimum Gasteiger partial charge on any atom is -0.497 e. The van der Waals surface area contributed by atoms with E-state index in [2.05, 4.69) is 5.32 Å². The van der Waals surface area contributed by atoms with Crippen LogP contribution in [0.4, 0.5) is 11.4 Å². The zero-order valence-corrected chi connectivity index (χ0v) is 12.3. The normalized spacial score (nSPS) is 11.7. The van der Waals surface area contributed by atoms with Crippen molar-refractivity contribution in [1.82, 2.24) is 0 Å². The molecule has 1 amide bonds. The van der Waals surface area contributed by atoms with Gasteiger partial charge < -0.3 is 15.8 Å². The van der Waals surface area contributed by atoms with Crippen LogP contribution in [0.15, 0.2) is 48.5 Å². The molecule has 2 aromatic carbocycles. The molecule has 1 unspecified atom stereocenters. The predicted octanol–water partition coefficient (Wildman–Crippen LogP) is 3.41. The van der Waals surface area contributed by atoms with Crippen LogP contribution in [0.5, 0.6) is 5.75 Å². The summed E-state index contributed by atoms with van der Waals surface area (Å²) >= 11 is 0. The van der Waals surface area contributed by atoms with Crippen molar-refractivity contribution in [2.45, 2.75) is 19.3 Å². The molecule has 0 aliphatic rings. The van der Waals surface area contributed by atoms with Crippen molar-refractivity contribution in [1.29, 1.82) is 0 Å². The van der Waals surface area contributed by atoms with Crippen LogP contribution in [-0.2, 0) is 4.79 Å². The molecule has 4 heteroatoms. The number of nitrogen functional groups attached to an aromatic ring is 1. The maximum atomic E-state index is 12.1. The molecule has 0 aliphatic carbocycles. The van der Waals surface area contributed by atoms with E-state index >= 15 is 0 Å². The number of carbonyl (C=O) groups excluding carboxylic acids is 1. The Morgan fingerprint density at radius 1 is 1.14 bits per heavy atom. The highest BCUT2D eigenvalue weighted by Crippen LogP contribution is 2.21. The van der Waals surface area contributed by atoms with Crippen LogP contribution in [0.2, 0.25) is 0 Å². The summed E-state index contributed by atoms with van der Waals surface area (Å²) in [7, 11) is 1.61.